The number of nitrogens with zero attached hydrogens (tertiary/aromatic N) is 1. The molecule has 0 unspecified atom stereocenters. The number of benzene rings is 4. The first-order chi connectivity index (χ1) is 18.5. The third kappa shape index (κ3) is 6.58. The van der Waals surface area contributed by atoms with E-state index in [1.807, 2.05) is 56.3 Å². The van der Waals surface area contributed by atoms with Crippen molar-refractivity contribution < 1.29 is 13.2 Å². The summed E-state index contributed by atoms with van der Waals surface area (Å²) in [7, 11) is -3.97. The molecule has 1 amide bonds. The van der Waals surface area contributed by atoms with Gasteiger partial charge in [-0.2, -0.15) is 0 Å². The molecule has 0 aliphatic rings. The molecule has 4 rings (SSSR count). The second-order valence-corrected chi connectivity index (χ2v) is 12.8. The topological polar surface area (TPSA) is 66.5 Å². The molecule has 0 spiro atoms. The quantitative estimate of drug-likeness (QED) is 0.257. The number of carbonyl (C=O) groups is 1. The van der Waals surface area contributed by atoms with Crippen molar-refractivity contribution in [2.24, 2.45) is 0 Å². The summed E-state index contributed by atoms with van der Waals surface area (Å²) in [5.41, 5.74) is 4.63. The molecule has 39 heavy (non-hydrogen) atoms. The van der Waals surface area contributed by atoms with E-state index in [-0.39, 0.29) is 28.8 Å². The van der Waals surface area contributed by atoms with Crippen LogP contribution in [-0.2, 0) is 22.0 Å². The monoisotopic (exact) mass is 540 g/mol. The predicted octanol–water partition coefficient (Wildman–Crippen LogP) is 7.18. The standard InChI is InChI=1S/C33H36N2O3S/c1-24-15-21-29(22-16-24)39(37,38)35(23-26-11-7-6-8-12-26)31-14-10-9-13-30(31)32(36)34-25(2)27-17-19-28(20-18-27)33(3,4)5/h6-22,25H,23H2,1-5H3,(H,34,36)/t25-/m1/s1. The largest absolute Gasteiger partial charge is 0.345 e. The van der Waals surface area contributed by atoms with E-state index in [2.05, 4.69) is 38.2 Å². The number of hydrogen-bond donors (Lipinski definition) is 1. The fraction of sp³-hybridized carbons (Fsp3) is 0.242. The highest BCUT2D eigenvalue weighted by atomic mass is 32.2. The van der Waals surface area contributed by atoms with Crippen LogP contribution < -0.4 is 9.62 Å². The maximum atomic E-state index is 14.0. The Bertz CT molecular complexity index is 1520. The summed E-state index contributed by atoms with van der Waals surface area (Å²) in [5.74, 6) is -0.338. The molecule has 0 bridgehead atoms. The summed E-state index contributed by atoms with van der Waals surface area (Å²) in [4.78, 5) is 13.8. The maximum absolute atomic E-state index is 14.0. The van der Waals surface area contributed by atoms with E-state index in [9.17, 15) is 13.2 Å². The SMILES string of the molecule is Cc1ccc(S(=O)(=O)N(Cc2ccccc2)c2ccccc2C(=O)N[C@H](C)c2ccc(C(C)(C)C)cc2)cc1. The highest BCUT2D eigenvalue weighted by Gasteiger charge is 2.29. The number of hydrogen-bond acceptors (Lipinski definition) is 3. The summed E-state index contributed by atoms with van der Waals surface area (Å²) < 4.78 is 29.3. The molecule has 0 fully saturated rings. The minimum Gasteiger partial charge on any atom is -0.345 e. The first kappa shape index (κ1) is 28.1. The van der Waals surface area contributed by atoms with E-state index >= 15 is 0 Å². The van der Waals surface area contributed by atoms with Gasteiger partial charge in [0.1, 0.15) is 0 Å². The fourth-order valence-electron chi connectivity index (χ4n) is 4.40. The molecule has 1 N–H and O–H groups in total. The molecule has 4 aromatic rings. The fourth-order valence-corrected chi connectivity index (χ4v) is 5.87. The highest BCUT2D eigenvalue weighted by Crippen LogP contribution is 2.30. The van der Waals surface area contributed by atoms with Gasteiger partial charge in [-0.3, -0.25) is 9.10 Å². The van der Waals surface area contributed by atoms with Crippen LogP contribution >= 0.6 is 0 Å². The normalized spacial score (nSPS) is 12.5. The van der Waals surface area contributed by atoms with E-state index in [4.69, 9.17) is 0 Å². The van der Waals surface area contributed by atoms with Crippen LogP contribution in [0.1, 0.15) is 66.3 Å². The molecular formula is C33H36N2O3S. The van der Waals surface area contributed by atoms with Crippen LogP contribution in [0.25, 0.3) is 0 Å². The second-order valence-electron chi connectivity index (χ2n) is 10.9. The Balaban J connectivity index is 1.69. The van der Waals surface area contributed by atoms with Crippen molar-refractivity contribution in [3.8, 4) is 0 Å². The Morgan fingerprint density at radius 2 is 1.41 bits per heavy atom. The Morgan fingerprint density at radius 3 is 2.03 bits per heavy atom. The summed E-state index contributed by atoms with van der Waals surface area (Å²) in [6.07, 6.45) is 0. The van der Waals surface area contributed by atoms with Gasteiger partial charge in [0, 0.05) is 0 Å². The summed E-state index contributed by atoms with van der Waals surface area (Å²) in [5, 5.41) is 3.07. The molecule has 1 atom stereocenters. The number of carbonyl (C=O) groups excluding carboxylic acids is 1. The first-order valence-corrected chi connectivity index (χ1v) is 14.5. The Morgan fingerprint density at radius 1 is 0.821 bits per heavy atom. The van der Waals surface area contributed by atoms with Crippen LogP contribution in [0.2, 0.25) is 0 Å². The van der Waals surface area contributed by atoms with Crippen molar-refractivity contribution in [3.63, 3.8) is 0 Å². The number of sulfonamides is 1. The average Bonchev–Trinajstić information content (AvgIpc) is 2.92. The van der Waals surface area contributed by atoms with Crippen LogP contribution in [0.3, 0.4) is 0 Å². The van der Waals surface area contributed by atoms with Crippen molar-refractivity contribution in [1.82, 2.24) is 5.32 Å². The summed E-state index contributed by atoms with van der Waals surface area (Å²) in [6, 6.07) is 31.0. The van der Waals surface area contributed by atoms with Crippen LogP contribution in [0.15, 0.2) is 108 Å². The van der Waals surface area contributed by atoms with Crippen molar-refractivity contribution in [2.45, 2.75) is 57.5 Å². The number of para-hydroxylation sites is 1. The summed E-state index contributed by atoms with van der Waals surface area (Å²) >= 11 is 0. The molecule has 0 saturated carbocycles. The van der Waals surface area contributed by atoms with Gasteiger partial charge in [0.15, 0.2) is 0 Å². The van der Waals surface area contributed by atoms with Gasteiger partial charge in [0.2, 0.25) is 0 Å². The van der Waals surface area contributed by atoms with E-state index in [1.54, 1.807) is 48.5 Å². The van der Waals surface area contributed by atoms with Crippen LogP contribution in [0.5, 0.6) is 0 Å². The highest BCUT2D eigenvalue weighted by molar-refractivity contribution is 7.92. The van der Waals surface area contributed by atoms with E-state index in [0.29, 0.717) is 11.3 Å². The second kappa shape index (κ2) is 11.5. The molecule has 0 saturated heterocycles. The zero-order valence-electron chi connectivity index (χ0n) is 23.2. The molecule has 4 aromatic carbocycles. The lowest BCUT2D eigenvalue weighted by atomic mass is 9.86. The molecule has 0 heterocycles. The van der Waals surface area contributed by atoms with E-state index in [0.717, 1.165) is 16.7 Å². The third-order valence-corrected chi connectivity index (χ3v) is 8.59. The van der Waals surface area contributed by atoms with Gasteiger partial charge in [-0.1, -0.05) is 105 Å². The van der Waals surface area contributed by atoms with E-state index < -0.39 is 10.0 Å². The molecule has 202 valence electrons. The number of amides is 1. The zero-order chi connectivity index (χ0) is 28.2. The third-order valence-electron chi connectivity index (χ3n) is 6.82. The van der Waals surface area contributed by atoms with Crippen LogP contribution in [-0.4, -0.2) is 14.3 Å². The molecule has 0 aliphatic carbocycles. The lowest BCUT2D eigenvalue weighted by molar-refractivity contribution is 0.0940. The van der Waals surface area contributed by atoms with Crippen molar-refractivity contribution in [3.05, 3.63) is 131 Å². The number of rotatable bonds is 8. The maximum Gasteiger partial charge on any atom is 0.264 e. The van der Waals surface area contributed by atoms with Crippen molar-refractivity contribution in [1.29, 1.82) is 0 Å². The Hall–Kier alpha value is -3.90. The van der Waals surface area contributed by atoms with Gasteiger partial charge in [-0.25, -0.2) is 8.42 Å². The van der Waals surface area contributed by atoms with E-state index in [1.165, 1.54) is 9.87 Å². The lowest BCUT2D eigenvalue weighted by Gasteiger charge is -2.27. The minimum absolute atomic E-state index is 0.0368. The molecule has 0 aromatic heterocycles. The van der Waals surface area contributed by atoms with Gasteiger partial charge >= 0.3 is 0 Å². The zero-order valence-corrected chi connectivity index (χ0v) is 24.0. The summed E-state index contributed by atoms with van der Waals surface area (Å²) in [6.45, 7) is 10.4. The number of aryl methyl sites for hydroxylation is 1. The van der Waals surface area contributed by atoms with Crippen LogP contribution in [0, 0.1) is 6.92 Å². The Kier molecular flexibility index (Phi) is 8.26. The minimum atomic E-state index is -3.97. The van der Waals surface area contributed by atoms with Crippen molar-refractivity contribution >= 4 is 21.6 Å². The first-order valence-electron chi connectivity index (χ1n) is 13.1. The van der Waals surface area contributed by atoms with Crippen LogP contribution in [0.4, 0.5) is 5.69 Å². The van der Waals surface area contributed by atoms with Gasteiger partial charge in [0.05, 0.1) is 28.7 Å². The molecule has 0 aliphatic heterocycles. The average molecular weight is 541 g/mol. The van der Waals surface area contributed by atoms with Gasteiger partial charge < -0.3 is 5.32 Å². The molecule has 0 radical (unpaired) electrons. The lowest BCUT2D eigenvalue weighted by Crippen LogP contribution is -2.34. The molecule has 5 nitrogen and oxygen atoms in total. The van der Waals surface area contributed by atoms with Crippen molar-refractivity contribution in [2.75, 3.05) is 4.31 Å². The predicted molar refractivity (Wildman–Crippen MR) is 158 cm³/mol. The molecule has 6 heteroatoms. The Labute approximate surface area is 232 Å². The van der Waals surface area contributed by atoms with Gasteiger partial charge in [0.25, 0.3) is 15.9 Å². The van der Waals surface area contributed by atoms with Gasteiger partial charge in [-0.15, -0.1) is 0 Å². The van der Waals surface area contributed by atoms with Gasteiger partial charge in [-0.05, 0) is 60.2 Å². The molecular weight excluding hydrogens is 504 g/mol. The number of nitrogens with one attached hydrogen (secondary N) is 1. The smallest absolute Gasteiger partial charge is 0.264 e. The number of anilines is 1.